The molecule has 1 aliphatic heterocycles. The number of carboxylic acid groups (broad SMARTS) is 1. The van der Waals surface area contributed by atoms with Gasteiger partial charge < -0.3 is 5.11 Å². The topological polar surface area (TPSA) is 40.5 Å². The lowest BCUT2D eigenvalue weighted by molar-refractivity contribution is -0.139. The van der Waals surface area contributed by atoms with Crippen molar-refractivity contribution in [2.75, 3.05) is 13.1 Å². The zero-order valence-corrected chi connectivity index (χ0v) is 11.6. The van der Waals surface area contributed by atoms with Crippen LogP contribution in [0.2, 0.25) is 0 Å². The van der Waals surface area contributed by atoms with Crippen LogP contribution in [0.3, 0.4) is 0 Å². The number of rotatable bonds is 4. The van der Waals surface area contributed by atoms with Crippen LogP contribution in [0, 0.1) is 5.92 Å². The first-order valence-electron chi connectivity index (χ1n) is 7.08. The molecule has 104 valence electrons. The third kappa shape index (κ3) is 2.54. The molecule has 1 atom stereocenters. The zero-order valence-electron chi connectivity index (χ0n) is 11.6. The van der Waals surface area contributed by atoms with Crippen LogP contribution in [-0.4, -0.2) is 29.1 Å². The van der Waals surface area contributed by atoms with Gasteiger partial charge in [-0.25, -0.2) is 0 Å². The fourth-order valence-corrected chi connectivity index (χ4v) is 2.98. The highest BCUT2D eigenvalue weighted by atomic mass is 16.4. The Morgan fingerprint density at radius 1 is 1.25 bits per heavy atom. The lowest BCUT2D eigenvalue weighted by Crippen LogP contribution is -2.48. The molecule has 1 unspecified atom stereocenters. The highest BCUT2D eigenvalue weighted by Gasteiger charge is 2.32. The molecule has 2 aromatic carbocycles. The van der Waals surface area contributed by atoms with E-state index in [2.05, 4.69) is 54.3 Å². The van der Waals surface area contributed by atoms with E-state index in [-0.39, 0.29) is 0 Å². The molecule has 1 fully saturated rings. The van der Waals surface area contributed by atoms with E-state index in [1.165, 1.54) is 16.3 Å². The molecule has 0 spiro atoms. The molecule has 0 saturated carbocycles. The third-order valence-corrected chi connectivity index (χ3v) is 4.25. The lowest BCUT2D eigenvalue weighted by atomic mass is 9.92. The maximum atomic E-state index is 10.7. The molecule has 0 radical (unpaired) electrons. The second-order valence-corrected chi connectivity index (χ2v) is 5.70. The van der Waals surface area contributed by atoms with Gasteiger partial charge in [-0.15, -0.1) is 0 Å². The van der Waals surface area contributed by atoms with E-state index < -0.39 is 5.97 Å². The smallest absolute Gasteiger partial charge is 0.303 e. The van der Waals surface area contributed by atoms with Crippen molar-refractivity contribution in [2.45, 2.75) is 19.4 Å². The van der Waals surface area contributed by atoms with Gasteiger partial charge in [0.25, 0.3) is 0 Å². The first kappa shape index (κ1) is 13.1. The van der Waals surface area contributed by atoms with Crippen molar-refractivity contribution >= 4 is 16.7 Å². The molecule has 3 heteroatoms. The molecule has 3 rings (SSSR count). The molecule has 0 aliphatic carbocycles. The van der Waals surface area contributed by atoms with Gasteiger partial charge in [0, 0.05) is 19.1 Å². The first-order chi connectivity index (χ1) is 9.63. The van der Waals surface area contributed by atoms with E-state index in [0.29, 0.717) is 18.4 Å². The number of fused-ring (bicyclic) bond motifs is 1. The van der Waals surface area contributed by atoms with Crippen molar-refractivity contribution < 1.29 is 9.90 Å². The Bertz CT molecular complexity index is 632. The summed E-state index contributed by atoms with van der Waals surface area (Å²) in [5.74, 6) is -0.372. The number of benzene rings is 2. The minimum absolute atomic E-state index is 0.293. The summed E-state index contributed by atoms with van der Waals surface area (Å²) in [5.41, 5.74) is 1.30. The molecular weight excluding hydrogens is 250 g/mol. The van der Waals surface area contributed by atoms with Crippen LogP contribution in [0.1, 0.15) is 24.9 Å². The van der Waals surface area contributed by atoms with Crippen LogP contribution in [0.5, 0.6) is 0 Å². The van der Waals surface area contributed by atoms with Gasteiger partial charge in [-0.1, -0.05) is 36.4 Å². The minimum atomic E-state index is -0.687. The van der Waals surface area contributed by atoms with Gasteiger partial charge in [0.1, 0.15) is 0 Å². The molecule has 1 aliphatic rings. The Morgan fingerprint density at radius 3 is 2.65 bits per heavy atom. The first-order valence-corrected chi connectivity index (χ1v) is 7.08. The molecule has 3 nitrogen and oxygen atoms in total. The predicted octanol–water partition coefficient (Wildman–Crippen LogP) is 3.31. The number of carboxylic acids is 1. The number of hydrogen-bond acceptors (Lipinski definition) is 2. The molecular formula is C17H19NO2. The van der Waals surface area contributed by atoms with Crippen LogP contribution >= 0.6 is 0 Å². The maximum absolute atomic E-state index is 10.7. The molecule has 0 bridgehead atoms. The summed E-state index contributed by atoms with van der Waals surface area (Å²) in [4.78, 5) is 13.0. The minimum Gasteiger partial charge on any atom is -0.481 e. The van der Waals surface area contributed by atoms with E-state index in [9.17, 15) is 4.79 Å². The Balaban J connectivity index is 1.70. The van der Waals surface area contributed by atoms with Crippen LogP contribution in [-0.2, 0) is 4.79 Å². The Kier molecular flexibility index (Phi) is 3.45. The molecule has 1 heterocycles. The SMILES string of the molecule is CC(c1ccc2ccccc2c1)N1CC(CC(=O)O)C1. The number of hydrogen-bond donors (Lipinski definition) is 1. The van der Waals surface area contributed by atoms with Crippen molar-refractivity contribution in [1.82, 2.24) is 4.90 Å². The quantitative estimate of drug-likeness (QED) is 0.925. The fourth-order valence-electron chi connectivity index (χ4n) is 2.98. The molecule has 0 amide bonds. The van der Waals surface area contributed by atoms with E-state index in [4.69, 9.17) is 5.11 Å². The van der Waals surface area contributed by atoms with E-state index in [1.807, 2.05) is 0 Å². The van der Waals surface area contributed by atoms with Crippen molar-refractivity contribution in [3.63, 3.8) is 0 Å². The summed E-state index contributed by atoms with van der Waals surface area (Å²) in [5, 5.41) is 11.3. The highest BCUT2D eigenvalue weighted by molar-refractivity contribution is 5.83. The summed E-state index contributed by atoms with van der Waals surface area (Å²) >= 11 is 0. The molecule has 0 aromatic heterocycles. The van der Waals surface area contributed by atoms with Gasteiger partial charge in [0.05, 0.1) is 6.42 Å². The van der Waals surface area contributed by atoms with Crippen molar-refractivity contribution in [3.05, 3.63) is 48.0 Å². The fraction of sp³-hybridized carbons (Fsp3) is 0.353. The second-order valence-electron chi connectivity index (χ2n) is 5.70. The highest BCUT2D eigenvalue weighted by Crippen LogP contribution is 2.31. The van der Waals surface area contributed by atoms with Crippen LogP contribution in [0.4, 0.5) is 0 Å². The average molecular weight is 269 g/mol. The zero-order chi connectivity index (χ0) is 14.1. The molecule has 20 heavy (non-hydrogen) atoms. The van der Waals surface area contributed by atoms with Gasteiger partial charge in [-0.2, -0.15) is 0 Å². The third-order valence-electron chi connectivity index (χ3n) is 4.25. The standard InChI is InChI=1S/C17H19NO2/c1-12(18-10-13(11-18)8-17(19)20)15-7-6-14-4-2-3-5-16(14)9-15/h2-7,9,12-13H,8,10-11H2,1H3,(H,19,20). The van der Waals surface area contributed by atoms with Crippen LogP contribution in [0.25, 0.3) is 10.8 Å². The molecule has 2 aromatic rings. The Labute approximate surface area is 118 Å². The van der Waals surface area contributed by atoms with E-state index in [0.717, 1.165) is 13.1 Å². The monoisotopic (exact) mass is 269 g/mol. The van der Waals surface area contributed by atoms with E-state index in [1.54, 1.807) is 0 Å². The second kappa shape index (κ2) is 5.25. The maximum Gasteiger partial charge on any atom is 0.303 e. The summed E-state index contributed by atoms with van der Waals surface area (Å²) in [6.07, 6.45) is 0.293. The van der Waals surface area contributed by atoms with Crippen molar-refractivity contribution in [1.29, 1.82) is 0 Å². The lowest BCUT2D eigenvalue weighted by Gasteiger charge is -2.43. The molecule has 1 N–H and O–H groups in total. The van der Waals surface area contributed by atoms with Gasteiger partial charge >= 0.3 is 5.97 Å². The Hall–Kier alpha value is -1.87. The van der Waals surface area contributed by atoms with Gasteiger partial charge in [0.2, 0.25) is 0 Å². The van der Waals surface area contributed by atoms with Gasteiger partial charge in [-0.3, -0.25) is 9.69 Å². The number of aliphatic carboxylic acids is 1. The van der Waals surface area contributed by atoms with Crippen LogP contribution in [0.15, 0.2) is 42.5 Å². The van der Waals surface area contributed by atoms with Crippen LogP contribution < -0.4 is 0 Å². The summed E-state index contributed by atoms with van der Waals surface area (Å²) in [6.45, 7) is 3.97. The van der Waals surface area contributed by atoms with Gasteiger partial charge in [0.15, 0.2) is 0 Å². The largest absolute Gasteiger partial charge is 0.481 e. The predicted molar refractivity (Wildman–Crippen MR) is 79.7 cm³/mol. The van der Waals surface area contributed by atoms with Gasteiger partial charge in [-0.05, 0) is 35.2 Å². The average Bonchev–Trinajstić information content (AvgIpc) is 2.41. The normalized spacial score (nSPS) is 17.9. The summed E-state index contributed by atoms with van der Waals surface area (Å²) in [6, 6.07) is 15.3. The summed E-state index contributed by atoms with van der Waals surface area (Å²) < 4.78 is 0. The number of nitrogens with zero attached hydrogens (tertiary/aromatic N) is 1. The summed E-state index contributed by atoms with van der Waals surface area (Å²) in [7, 11) is 0. The van der Waals surface area contributed by atoms with E-state index >= 15 is 0 Å². The van der Waals surface area contributed by atoms with Crippen molar-refractivity contribution in [2.24, 2.45) is 5.92 Å². The van der Waals surface area contributed by atoms with Crippen molar-refractivity contribution in [3.8, 4) is 0 Å². The number of carbonyl (C=O) groups is 1. The number of likely N-dealkylation sites (tertiary alicyclic amines) is 1. The molecule has 1 saturated heterocycles. The Morgan fingerprint density at radius 2 is 1.95 bits per heavy atom.